The van der Waals surface area contributed by atoms with Gasteiger partial charge in [0, 0.05) is 19.2 Å². The quantitative estimate of drug-likeness (QED) is 0.796. The zero-order valence-electron chi connectivity index (χ0n) is 14.6. The van der Waals surface area contributed by atoms with Crippen molar-refractivity contribution in [1.82, 2.24) is 14.7 Å². The molecule has 0 N–H and O–H groups in total. The van der Waals surface area contributed by atoms with Gasteiger partial charge in [-0.3, -0.25) is 9.48 Å². The molecule has 1 fully saturated rings. The Morgan fingerprint density at radius 3 is 2.64 bits per heavy atom. The van der Waals surface area contributed by atoms with Crippen LogP contribution in [0.3, 0.4) is 0 Å². The maximum atomic E-state index is 12.4. The van der Waals surface area contributed by atoms with E-state index >= 15 is 0 Å². The molecule has 0 aliphatic carbocycles. The topological polar surface area (TPSA) is 56.6 Å². The van der Waals surface area contributed by atoms with E-state index in [1.54, 1.807) is 37.7 Å². The third-order valence-electron chi connectivity index (χ3n) is 4.21. The van der Waals surface area contributed by atoms with Gasteiger partial charge in [-0.05, 0) is 24.6 Å². The molecule has 1 unspecified atom stereocenters. The molecule has 6 nitrogen and oxygen atoms in total. The van der Waals surface area contributed by atoms with Crippen LogP contribution in [-0.2, 0) is 18.4 Å². The minimum atomic E-state index is -0.137. The van der Waals surface area contributed by atoms with Gasteiger partial charge in [-0.15, -0.1) is 11.8 Å². The van der Waals surface area contributed by atoms with Gasteiger partial charge in [-0.1, -0.05) is 17.7 Å². The van der Waals surface area contributed by atoms with Gasteiger partial charge in [0.05, 0.1) is 25.7 Å². The summed E-state index contributed by atoms with van der Waals surface area (Å²) in [7, 11) is 5.00. The summed E-state index contributed by atoms with van der Waals surface area (Å²) in [6.45, 7) is 2.39. The van der Waals surface area contributed by atoms with Gasteiger partial charge in [-0.2, -0.15) is 5.10 Å². The molecule has 2 aromatic rings. The van der Waals surface area contributed by atoms with Crippen LogP contribution in [0, 0.1) is 6.92 Å². The maximum absolute atomic E-state index is 12.4. The summed E-state index contributed by atoms with van der Waals surface area (Å²) in [5.41, 5.74) is 2.72. The smallest absolute Gasteiger partial charge is 0.234 e. The largest absolute Gasteiger partial charge is 0.493 e. The van der Waals surface area contributed by atoms with E-state index in [0.717, 1.165) is 16.8 Å². The molecule has 2 heterocycles. The summed E-state index contributed by atoms with van der Waals surface area (Å²) in [5.74, 6) is 1.83. The van der Waals surface area contributed by atoms with Gasteiger partial charge >= 0.3 is 0 Å². The van der Waals surface area contributed by atoms with E-state index < -0.39 is 0 Å². The first kappa shape index (κ1) is 17.9. The first-order valence-electron chi connectivity index (χ1n) is 7.77. The van der Waals surface area contributed by atoms with Crippen molar-refractivity contribution in [2.24, 2.45) is 7.05 Å². The molecule has 1 aromatic carbocycles. The molecule has 1 atom stereocenters. The Morgan fingerprint density at radius 1 is 1.32 bits per heavy atom. The fourth-order valence-corrected chi connectivity index (χ4v) is 4.60. The molecule has 0 saturated carbocycles. The van der Waals surface area contributed by atoms with Gasteiger partial charge in [0.15, 0.2) is 11.5 Å². The molecule has 134 valence electrons. The Bertz CT molecular complexity index is 809. The lowest BCUT2D eigenvalue weighted by atomic mass is 10.1. The number of aromatic nitrogens is 2. The molecule has 0 spiro atoms. The molecule has 25 heavy (non-hydrogen) atoms. The number of hydrogen-bond acceptors (Lipinski definition) is 5. The highest BCUT2D eigenvalue weighted by molar-refractivity contribution is 8.00. The number of methoxy groups -OCH3 is 2. The second kappa shape index (κ2) is 7.17. The number of rotatable bonds is 5. The van der Waals surface area contributed by atoms with Gasteiger partial charge < -0.3 is 14.4 Å². The standard InChI is InChI=1S/C17H20ClN3O3S/c1-10-15(16(18)20(2)19-10)17-21(14(22)9-25-17)8-11-5-6-12(23-3)13(7-11)24-4/h5-7,17H,8-9H2,1-4H3. The predicted molar refractivity (Wildman–Crippen MR) is 98.3 cm³/mol. The predicted octanol–water partition coefficient (Wildman–Crippen LogP) is 3.17. The molecule has 1 aliphatic rings. The number of carbonyl (C=O) groups excluding carboxylic acids is 1. The fraction of sp³-hybridized carbons (Fsp3) is 0.412. The summed E-state index contributed by atoms with van der Waals surface area (Å²) in [5, 5.41) is 4.80. The number of aryl methyl sites for hydroxylation is 2. The van der Waals surface area contributed by atoms with Crippen molar-refractivity contribution < 1.29 is 14.3 Å². The highest BCUT2D eigenvalue weighted by Crippen LogP contribution is 2.43. The van der Waals surface area contributed by atoms with Crippen LogP contribution in [0.2, 0.25) is 5.15 Å². The average Bonchev–Trinajstić information content (AvgIpc) is 3.07. The van der Waals surface area contributed by atoms with Crippen LogP contribution in [0.5, 0.6) is 11.5 Å². The zero-order chi connectivity index (χ0) is 18.1. The molecule has 1 aromatic heterocycles. The Kier molecular flexibility index (Phi) is 5.15. The zero-order valence-corrected chi connectivity index (χ0v) is 16.1. The number of amides is 1. The van der Waals surface area contributed by atoms with Crippen LogP contribution in [-0.4, -0.2) is 40.6 Å². The average molecular weight is 382 g/mol. The number of nitrogens with zero attached hydrogens (tertiary/aromatic N) is 3. The summed E-state index contributed by atoms with van der Waals surface area (Å²) in [4.78, 5) is 14.3. The van der Waals surface area contributed by atoms with Crippen LogP contribution in [0.1, 0.15) is 22.2 Å². The highest BCUT2D eigenvalue weighted by Gasteiger charge is 2.36. The Morgan fingerprint density at radius 2 is 2.04 bits per heavy atom. The second-order valence-electron chi connectivity index (χ2n) is 5.79. The van der Waals surface area contributed by atoms with Crippen LogP contribution >= 0.6 is 23.4 Å². The van der Waals surface area contributed by atoms with Crippen LogP contribution in [0.15, 0.2) is 18.2 Å². The Balaban J connectivity index is 1.91. The number of benzene rings is 1. The minimum absolute atomic E-state index is 0.0871. The van der Waals surface area contributed by atoms with Crippen molar-refractivity contribution >= 4 is 29.3 Å². The van der Waals surface area contributed by atoms with E-state index in [-0.39, 0.29) is 11.3 Å². The summed E-state index contributed by atoms with van der Waals surface area (Å²) >= 11 is 7.98. The maximum Gasteiger partial charge on any atom is 0.234 e. The summed E-state index contributed by atoms with van der Waals surface area (Å²) in [6, 6.07) is 5.68. The summed E-state index contributed by atoms with van der Waals surface area (Å²) < 4.78 is 12.3. The van der Waals surface area contributed by atoms with E-state index in [9.17, 15) is 4.79 Å². The second-order valence-corrected chi connectivity index (χ2v) is 7.21. The van der Waals surface area contributed by atoms with Crippen molar-refractivity contribution in [3.8, 4) is 11.5 Å². The molecule has 0 bridgehead atoms. The molecular formula is C17H20ClN3O3S. The highest BCUT2D eigenvalue weighted by atomic mass is 35.5. The fourth-order valence-electron chi connectivity index (χ4n) is 2.97. The van der Waals surface area contributed by atoms with Gasteiger partial charge in [0.2, 0.25) is 5.91 Å². The third kappa shape index (κ3) is 3.30. The number of ether oxygens (including phenoxy) is 2. The molecular weight excluding hydrogens is 362 g/mol. The van der Waals surface area contributed by atoms with E-state index in [0.29, 0.717) is 28.9 Å². The van der Waals surface area contributed by atoms with Crippen LogP contribution in [0.4, 0.5) is 0 Å². The molecule has 0 radical (unpaired) electrons. The normalized spacial score (nSPS) is 17.2. The van der Waals surface area contributed by atoms with Crippen molar-refractivity contribution in [3.05, 3.63) is 40.2 Å². The van der Waals surface area contributed by atoms with E-state index in [1.807, 2.05) is 30.0 Å². The monoisotopic (exact) mass is 381 g/mol. The van der Waals surface area contributed by atoms with Gasteiger partial charge in [0.1, 0.15) is 10.5 Å². The molecule has 3 rings (SSSR count). The Hall–Kier alpha value is -1.86. The van der Waals surface area contributed by atoms with Gasteiger partial charge in [-0.25, -0.2) is 0 Å². The number of thioether (sulfide) groups is 1. The lowest BCUT2D eigenvalue weighted by molar-refractivity contribution is -0.128. The number of carbonyl (C=O) groups is 1. The van der Waals surface area contributed by atoms with Crippen LogP contribution in [0.25, 0.3) is 0 Å². The number of hydrogen-bond donors (Lipinski definition) is 0. The van der Waals surface area contributed by atoms with Crippen molar-refractivity contribution in [2.75, 3.05) is 20.0 Å². The minimum Gasteiger partial charge on any atom is -0.493 e. The van der Waals surface area contributed by atoms with E-state index in [2.05, 4.69) is 5.10 Å². The van der Waals surface area contributed by atoms with E-state index in [1.165, 1.54) is 0 Å². The molecule has 1 saturated heterocycles. The SMILES string of the molecule is COc1ccc(CN2C(=O)CSC2c2c(C)nn(C)c2Cl)cc1OC. The lowest BCUT2D eigenvalue weighted by Gasteiger charge is -2.24. The molecule has 1 aliphatic heterocycles. The molecule has 1 amide bonds. The first-order chi connectivity index (χ1) is 12.0. The number of halogens is 1. The lowest BCUT2D eigenvalue weighted by Crippen LogP contribution is -2.28. The Labute approximate surface area is 156 Å². The third-order valence-corrected chi connectivity index (χ3v) is 5.88. The van der Waals surface area contributed by atoms with Crippen molar-refractivity contribution in [3.63, 3.8) is 0 Å². The van der Waals surface area contributed by atoms with Crippen LogP contribution < -0.4 is 9.47 Å². The summed E-state index contributed by atoms with van der Waals surface area (Å²) in [6.07, 6.45) is 0. The van der Waals surface area contributed by atoms with Gasteiger partial charge in [0.25, 0.3) is 0 Å². The molecule has 8 heteroatoms. The van der Waals surface area contributed by atoms with Crippen molar-refractivity contribution in [1.29, 1.82) is 0 Å². The first-order valence-corrected chi connectivity index (χ1v) is 9.20. The van der Waals surface area contributed by atoms with E-state index in [4.69, 9.17) is 21.1 Å². The van der Waals surface area contributed by atoms with Crippen molar-refractivity contribution in [2.45, 2.75) is 18.8 Å².